The van der Waals surface area contributed by atoms with E-state index in [0.717, 1.165) is 0 Å². The van der Waals surface area contributed by atoms with Crippen LogP contribution in [0.2, 0.25) is 0 Å². The summed E-state index contributed by atoms with van der Waals surface area (Å²) in [5.74, 6) is -3.81. The maximum Gasteiger partial charge on any atom is 0.471 e. The molecule has 4 nitrogen and oxygen atoms in total. The van der Waals surface area contributed by atoms with E-state index in [1.165, 1.54) is 13.0 Å². The topological polar surface area (TPSA) is 55.4 Å². The van der Waals surface area contributed by atoms with E-state index in [9.17, 15) is 22.8 Å². The molecule has 0 aromatic heterocycles. The first kappa shape index (κ1) is 17.5. The lowest BCUT2D eigenvalue weighted by Crippen LogP contribution is -2.51. The van der Waals surface area contributed by atoms with Gasteiger partial charge in [-0.1, -0.05) is 13.0 Å². The summed E-state index contributed by atoms with van der Waals surface area (Å²) in [6, 6.07) is -1.43. The van der Waals surface area contributed by atoms with E-state index in [1.54, 1.807) is 26.1 Å². The van der Waals surface area contributed by atoms with Crippen LogP contribution in [0.15, 0.2) is 12.7 Å². The molecule has 0 aliphatic heterocycles. The highest BCUT2D eigenvalue weighted by Crippen LogP contribution is 2.18. The standard InChI is InChI=1S/C12H18F3NO3/c1-6-7(2)8(9(17)19-11(3,4)5)16-10(18)12(13,14)15/h6-8H,1H2,2-5H3,(H,16,18)/t7-,8+/m1/s1. The summed E-state index contributed by atoms with van der Waals surface area (Å²) in [6.45, 7) is 9.57. The number of halogens is 3. The van der Waals surface area contributed by atoms with E-state index in [4.69, 9.17) is 4.74 Å². The minimum absolute atomic E-state index is 0.693. The highest BCUT2D eigenvalue weighted by Gasteiger charge is 2.42. The van der Waals surface area contributed by atoms with E-state index < -0.39 is 35.6 Å². The largest absolute Gasteiger partial charge is 0.471 e. The van der Waals surface area contributed by atoms with Crippen molar-refractivity contribution in [2.45, 2.75) is 45.5 Å². The summed E-state index contributed by atoms with van der Waals surface area (Å²) in [5, 5.41) is 1.62. The molecule has 0 spiro atoms. The Labute approximate surface area is 110 Å². The smallest absolute Gasteiger partial charge is 0.458 e. The molecule has 110 valence electrons. The van der Waals surface area contributed by atoms with Crippen molar-refractivity contribution in [3.05, 3.63) is 12.7 Å². The van der Waals surface area contributed by atoms with E-state index >= 15 is 0 Å². The van der Waals surface area contributed by atoms with Crippen LogP contribution in [-0.4, -0.2) is 29.7 Å². The predicted octanol–water partition coefficient (Wildman–Crippen LogP) is 2.20. The average Bonchev–Trinajstić information content (AvgIpc) is 2.20. The van der Waals surface area contributed by atoms with Gasteiger partial charge in [0.2, 0.25) is 0 Å². The van der Waals surface area contributed by atoms with Crippen LogP contribution >= 0.6 is 0 Å². The Morgan fingerprint density at radius 1 is 1.26 bits per heavy atom. The zero-order valence-electron chi connectivity index (χ0n) is 11.3. The van der Waals surface area contributed by atoms with Crippen molar-refractivity contribution >= 4 is 11.9 Å². The van der Waals surface area contributed by atoms with Gasteiger partial charge in [-0.25, -0.2) is 4.79 Å². The molecule has 0 fully saturated rings. The SMILES string of the molecule is C=C[C@@H](C)[C@H](NC(=O)C(F)(F)F)C(=O)OC(C)(C)C. The Balaban J connectivity index is 4.98. The van der Waals surface area contributed by atoms with Crippen LogP contribution in [0.25, 0.3) is 0 Å². The summed E-state index contributed by atoms with van der Waals surface area (Å²) in [7, 11) is 0. The number of hydrogen-bond donors (Lipinski definition) is 1. The maximum atomic E-state index is 12.2. The van der Waals surface area contributed by atoms with Crippen molar-refractivity contribution in [2.24, 2.45) is 5.92 Å². The molecule has 0 unspecified atom stereocenters. The number of ether oxygens (including phenoxy) is 1. The van der Waals surface area contributed by atoms with Crippen LogP contribution < -0.4 is 5.32 Å². The zero-order chi connectivity index (χ0) is 15.4. The molecule has 0 aromatic carbocycles. The van der Waals surface area contributed by atoms with Gasteiger partial charge < -0.3 is 10.1 Å². The number of nitrogens with one attached hydrogen (secondary N) is 1. The van der Waals surface area contributed by atoms with Crippen LogP contribution in [0.5, 0.6) is 0 Å². The van der Waals surface area contributed by atoms with E-state index in [1.807, 2.05) is 0 Å². The van der Waals surface area contributed by atoms with Gasteiger partial charge in [-0.15, -0.1) is 6.58 Å². The minimum atomic E-state index is -5.05. The van der Waals surface area contributed by atoms with Gasteiger partial charge in [-0.3, -0.25) is 4.79 Å². The van der Waals surface area contributed by atoms with Crippen molar-refractivity contribution in [1.29, 1.82) is 0 Å². The number of rotatable bonds is 4. The number of hydrogen-bond acceptors (Lipinski definition) is 3. The molecular formula is C12H18F3NO3. The van der Waals surface area contributed by atoms with Crippen molar-refractivity contribution in [3.63, 3.8) is 0 Å². The van der Waals surface area contributed by atoms with Crippen LogP contribution in [0.3, 0.4) is 0 Å². The quantitative estimate of drug-likeness (QED) is 0.635. The fraction of sp³-hybridized carbons (Fsp3) is 0.667. The third-order valence-electron chi connectivity index (χ3n) is 2.10. The van der Waals surface area contributed by atoms with E-state index in [2.05, 4.69) is 6.58 Å². The molecule has 0 radical (unpaired) electrons. The second-order valence-corrected chi connectivity index (χ2v) is 5.08. The fourth-order valence-corrected chi connectivity index (χ4v) is 1.13. The molecule has 1 amide bonds. The van der Waals surface area contributed by atoms with Crippen LogP contribution in [-0.2, 0) is 14.3 Å². The number of carbonyl (C=O) groups is 2. The lowest BCUT2D eigenvalue weighted by molar-refractivity contribution is -0.177. The monoisotopic (exact) mass is 281 g/mol. The first-order chi connectivity index (χ1) is 8.38. The van der Waals surface area contributed by atoms with Gasteiger partial charge >= 0.3 is 18.1 Å². The summed E-state index contributed by atoms with van der Waals surface area (Å²) < 4.78 is 41.5. The summed E-state index contributed by atoms with van der Waals surface area (Å²) in [4.78, 5) is 22.7. The van der Waals surface area contributed by atoms with Gasteiger partial charge in [-0.2, -0.15) is 13.2 Å². The van der Waals surface area contributed by atoms with Crippen LogP contribution in [0.1, 0.15) is 27.7 Å². The van der Waals surface area contributed by atoms with Gasteiger partial charge in [-0.05, 0) is 20.8 Å². The Morgan fingerprint density at radius 2 is 1.74 bits per heavy atom. The highest BCUT2D eigenvalue weighted by atomic mass is 19.4. The van der Waals surface area contributed by atoms with Gasteiger partial charge in [0.1, 0.15) is 11.6 Å². The molecule has 0 saturated heterocycles. The Kier molecular flexibility index (Phi) is 5.59. The maximum absolute atomic E-state index is 12.2. The molecule has 7 heteroatoms. The number of alkyl halides is 3. The molecule has 0 bridgehead atoms. The van der Waals surface area contributed by atoms with E-state index in [0.29, 0.717) is 0 Å². The van der Waals surface area contributed by atoms with Crippen molar-refractivity contribution < 1.29 is 27.5 Å². The lowest BCUT2D eigenvalue weighted by atomic mass is 10.0. The molecule has 2 atom stereocenters. The van der Waals surface area contributed by atoms with Gasteiger partial charge in [0.25, 0.3) is 0 Å². The summed E-state index contributed by atoms with van der Waals surface area (Å²) in [5.41, 5.74) is -0.862. The second-order valence-electron chi connectivity index (χ2n) is 5.08. The molecule has 0 saturated carbocycles. The van der Waals surface area contributed by atoms with Crippen LogP contribution in [0, 0.1) is 5.92 Å². The van der Waals surface area contributed by atoms with Crippen molar-refractivity contribution in [3.8, 4) is 0 Å². The molecular weight excluding hydrogens is 263 g/mol. The molecule has 0 rings (SSSR count). The molecule has 0 aliphatic rings. The van der Waals surface area contributed by atoms with Gasteiger partial charge in [0, 0.05) is 5.92 Å². The first-order valence-electron chi connectivity index (χ1n) is 5.61. The normalized spacial score (nSPS) is 15.3. The number of carbonyl (C=O) groups excluding carboxylic acids is 2. The Hall–Kier alpha value is -1.53. The Bertz CT molecular complexity index is 358. The molecule has 1 N–H and O–H groups in total. The average molecular weight is 281 g/mol. The van der Waals surface area contributed by atoms with Crippen LogP contribution in [0.4, 0.5) is 13.2 Å². The second kappa shape index (κ2) is 6.08. The summed E-state index contributed by atoms with van der Waals surface area (Å²) in [6.07, 6.45) is -3.79. The fourth-order valence-electron chi connectivity index (χ4n) is 1.13. The predicted molar refractivity (Wildman–Crippen MR) is 63.2 cm³/mol. The minimum Gasteiger partial charge on any atom is -0.458 e. The zero-order valence-corrected chi connectivity index (χ0v) is 11.3. The van der Waals surface area contributed by atoms with Gasteiger partial charge in [0.05, 0.1) is 0 Å². The third-order valence-corrected chi connectivity index (χ3v) is 2.10. The van der Waals surface area contributed by atoms with E-state index in [-0.39, 0.29) is 0 Å². The molecule has 19 heavy (non-hydrogen) atoms. The third kappa shape index (κ3) is 6.26. The van der Waals surface area contributed by atoms with Crippen molar-refractivity contribution in [2.75, 3.05) is 0 Å². The Morgan fingerprint density at radius 3 is 2.05 bits per heavy atom. The van der Waals surface area contributed by atoms with Crippen molar-refractivity contribution in [1.82, 2.24) is 5.32 Å². The highest BCUT2D eigenvalue weighted by molar-refractivity contribution is 5.88. The molecule has 0 aromatic rings. The molecule has 0 aliphatic carbocycles. The van der Waals surface area contributed by atoms with Gasteiger partial charge in [0.15, 0.2) is 0 Å². The number of esters is 1. The summed E-state index contributed by atoms with van der Waals surface area (Å²) >= 11 is 0. The first-order valence-corrected chi connectivity index (χ1v) is 5.61. The lowest BCUT2D eigenvalue weighted by Gasteiger charge is -2.27. The molecule has 0 heterocycles. The number of amides is 1.